The smallest absolute Gasteiger partial charge is 0.252 e. The number of morpholine rings is 1. The summed E-state index contributed by atoms with van der Waals surface area (Å²) >= 11 is 1.54. The van der Waals surface area contributed by atoms with E-state index < -0.39 is 0 Å². The summed E-state index contributed by atoms with van der Waals surface area (Å²) in [6.07, 6.45) is 0. The van der Waals surface area contributed by atoms with Crippen LogP contribution in [0.15, 0.2) is 41.1 Å². The zero-order valence-electron chi connectivity index (χ0n) is 12.5. The van der Waals surface area contributed by atoms with Crippen LogP contribution in [-0.2, 0) is 17.8 Å². The van der Waals surface area contributed by atoms with E-state index in [2.05, 4.69) is 28.4 Å². The molecule has 1 amide bonds. The molecule has 0 spiro atoms. The molecule has 0 unspecified atom stereocenters. The zero-order chi connectivity index (χ0) is 15.2. The first-order valence-electron chi connectivity index (χ1n) is 7.50. The molecule has 3 rings (SSSR count). The molecular formula is C17H20N2O2S. The standard InChI is InChI=1S/C17H20N2O2S/c20-17(16-5-10-22-13-16)18-11-14-3-1-2-4-15(14)12-19-6-8-21-9-7-19/h1-5,10,13H,6-9,11-12H2,(H,18,20). The number of hydrogen-bond acceptors (Lipinski definition) is 4. The molecule has 4 nitrogen and oxygen atoms in total. The molecule has 0 radical (unpaired) electrons. The lowest BCUT2D eigenvalue weighted by Gasteiger charge is -2.27. The summed E-state index contributed by atoms with van der Waals surface area (Å²) in [7, 11) is 0. The van der Waals surface area contributed by atoms with E-state index in [9.17, 15) is 4.79 Å². The van der Waals surface area contributed by atoms with Gasteiger partial charge in [0.1, 0.15) is 0 Å². The van der Waals surface area contributed by atoms with Gasteiger partial charge in [0.15, 0.2) is 0 Å². The van der Waals surface area contributed by atoms with Crippen molar-refractivity contribution in [1.29, 1.82) is 0 Å². The fourth-order valence-electron chi connectivity index (χ4n) is 2.56. The SMILES string of the molecule is O=C(NCc1ccccc1CN1CCOCC1)c1ccsc1. The maximum Gasteiger partial charge on any atom is 0.252 e. The first-order chi connectivity index (χ1) is 10.8. The molecular weight excluding hydrogens is 296 g/mol. The second kappa shape index (κ2) is 7.54. The summed E-state index contributed by atoms with van der Waals surface area (Å²) in [4.78, 5) is 14.4. The Morgan fingerprint density at radius 3 is 2.68 bits per heavy atom. The third-order valence-corrected chi connectivity index (χ3v) is 4.52. The molecule has 1 N–H and O–H groups in total. The molecule has 2 aromatic rings. The van der Waals surface area contributed by atoms with Crippen LogP contribution in [0, 0.1) is 0 Å². The number of amides is 1. The Labute approximate surface area is 134 Å². The third-order valence-electron chi connectivity index (χ3n) is 3.84. The molecule has 1 aliphatic heterocycles. The highest BCUT2D eigenvalue weighted by Crippen LogP contribution is 2.13. The summed E-state index contributed by atoms with van der Waals surface area (Å²) in [6.45, 7) is 5.02. The average molecular weight is 316 g/mol. The summed E-state index contributed by atoms with van der Waals surface area (Å²) in [5.41, 5.74) is 3.18. The first kappa shape index (κ1) is 15.2. The van der Waals surface area contributed by atoms with Crippen LogP contribution in [0.1, 0.15) is 21.5 Å². The number of benzene rings is 1. The van der Waals surface area contributed by atoms with Crippen LogP contribution in [-0.4, -0.2) is 37.1 Å². The van der Waals surface area contributed by atoms with Crippen molar-refractivity contribution in [2.75, 3.05) is 26.3 Å². The Morgan fingerprint density at radius 1 is 1.18 bits per heavy atom. The molecule has 116 valence electrons. The Morgan fingerprint density at radius 2 is 1.95 bits per heavy atom. The Balaban J connectivity index is 1.62. The fraction of sp³-hybridized carbons (Fsp3) is 0.353. The van der Waals surface area contributed by atoms with Crippen LogP contribution in [0.4, 0.5) is 0 Å². The molecule has 1 aromatic carbocycles. The van der Waals surface area contributed by atoms with Gasteiger partial charge in [-0.15, -0.1) is 0 Å². The molecule has 0 saturated carbocycles. The minimum atomic E-state index is -0.0116. The van der Waals surface area contributed by atoms with Gasteiger partial charge in [0.05, 0.1) is 13.2 Å². The van der Waals surface area contributed by atoms with Crippen LogP contribution < -0.4 is 5.32 Å². The van der Waals surface area contributed by atoms with Crippen molar-refractivity contribution in [3.8, 4) is 0 Å². The summed E-state index contributed by atoms with van der Waals surface area (Å²) in [5.74, 6) is -0.0116. The lowest BCUT2D eigenvalue weighted by Crippen LogP contribution is -2.36. The van der Waals surface area contributed by atoms with Crippen molar-refractivity contribution in [2.45, 2.75) is 13.1 Å². The molecule has 1 saturated heterocycles. The van der Waals surface area contributed by atoms with Crippen molar-refractivity contribution in [3.05, 3.63) is 57.8 Å². The monoisotopic (exact) mass is 316 g/mol. The number of nitrogens with one attached hydrogen (secondary N) is 1. The second-order valence-electron chi connectivity index (χ2n) is 5.35. The number of thiophene rings is 1. The highest BCUT2D eigenvalue weighted by Gasteiger charge is 2.13. The van der Waals surface area contributed by atoms with E-state index in [4.69, 9.17) is 4.74 Å². The number of carbonyl (C=O) groups is 1. The van der Waals surface area contributed by atoms with Crippen LogP contribution in [0.2, 0.25) is 0 Å². The summed E-state index contributed by atoms with van der Waals surface area (Å²) in [5, 5.41) is 6.79. The first-order valence-corrected chi connectivity index (χ1v) is 8.44. The third kappa shape index (κ3) is 3.94. The van der Waals surface area contributed by atoms with Gasteiger partial charge in [-0.1, -0.05) is 24.3 Å². The Hall–Kier alpha value is -1.69. The predicted molar refractivity (Wildman–Crippen MR) is 88.0 cm³/mol. The van der Waals surface area contributed by atoms with Gasteiger partial charge in [-0.25, -0.2) is 0 Å². The quantitative estimate of drug-likeness (QED) is 0.921. The van der Waals surface area contributed by atoms with E-state index in [1.54, 1.807) is 0 Å². The van der Waals surface area contributed by atoms with Gasteiger partial charge in [-0.2, -0.15) is 11.3 Å². The van der Waals surface area contributed by atoms with Crippen molar-refractivity contribution in [3.63, 3.8) is 0 Å². The van der Waals surface area contributed by atoms with E-state index in [-0.39, 0.29) is 5.91 Å². The number of carbonyl (C=O) groups excluding carboxylic acids is 1. The van der Waals surface area contributed by atoms with Gasteiger partial charge < -0.3 is 10.1 Å². The lowest BCUT2D eigenvalue weighted by atomic mass is 10.1. The lowest BCUT2D eigenvalue weighted by molar-refractivity contribution is 0.0340. The summed E-state index contributed by atoms with van der Waals surface area (Å²) in [6, 6.07) is 10.2. The molecule has 1 aromatic heterocycles. The van der Waals surface area contributed by atoms with E-state index in [0.29, 0.717) is 6.54 Å². The summed E-state index contributed by atoms with van der Waals surface area (Å²) < 4.78 is 5.39. The highest BCUT2D eigenvalue weighted by atomic mass is 32.1. The topological polar surface area (TPSA) is 41.6 Å². The molecule has 22 heavy (non-hydrogen) atoms. The molecule has 0 aliphatic carbocycles. The number of ether oxygens (including phenoxy) is 1. The molecule has 0 bridgehead atoms. The molecule has 1 aliphatic rings. The Kier molecular flexibility index (Phi) is 5.21. The fourth-order valence-corrected chi connectivity index (χ4v) is 3.19. The predicted octanol–water partition coefficient (Wildman–Crippen LogP) is 2.51. The highest BCUT2D eigenvalue weighted by molar-refractivity contribution is 7.08. The van der Waals surface area contributed by atoms with Gasteiger partial charge in [0, 0.05) is 37.1 Å². The van der Waals surface area contributed by atoms with E-state index >= 15 is 0 Å². The van der Waals surface area contributed by atoms with Gasteiger partial charge >= 0.3 is 0 Å². The van der Waals surface area contributed by atoms with Gasteiger partial charge in [0.2, 0.25) is 0 Å². The Bertz CT molecular complexity index is 607. The average Bonchev–Trinajstić information content (AvgIpc) is 3.09. The molecule has 5 heteroatoms. The maximum absolute atomic E-state index is 12.0. The number of nitrogens with zero attached hydrogens (tertiary/aromatic N) is 1. The largest absolute Gasteiger partial charge is 0.379 e. The number of rotatable bonds is 5. The minimum absolute atomic E-state index is 0.0116. The zero-order valence-corrected chi connectivity index (χ0v) is 13.3. The van der Waals surface area contributed by atoms with Crippen molar-refractivity contribution >= 4 is 17.2 Å². The van der Waals surface area contributed by atoms with Crippen molar-refractivity contribution in [1.82, 2.24) is 10.2 Å². The normalized spacial score (nSPS) is 15.6. The van der Waals surface area contributed by atoms with Crippen LogP contribution in [0.5, 0.6) is 0 Å². The molecule has 2 heterocycles. The van der Waals surface area contributed by atoms with E-state index in [0.717, 1.165) is 38.4 Å². The van der Waals surface area contributed by atoms with Gasteiger partial charge in [-0.3, -0.25) is 9.69 Å². The van der Waals surface area contributed by atoms with Crippen LogP contribution in [0.25, 0.3) is 0 Å². The van der Waals surface area contributed by atoms with Gasteiger partial charge in [0.25, 0.3) is 5.91 Å². The number of hydrogen-bond donors (Lipinski definition) is 1. The maximum atomic E-state index is 12.0. The van der Waals surface area contributed by atoms with Crippen molar-refractivity contribution < 1.29 is 9.53 Å². The van der Waals surface area contributed by atoms with Crippen molar-refractivity contribution in [2.24, 2.45) is 0 Å². The van der Waals surface area contributed by atoms with E-state index in [1.807, 2.05) is 22.9 Å². The van der Waals surface area contributed by atoms with Crippen LogP contribution in [0.3, 0.4) is 0 Å². The van der Waals surface area contributed by atoms with E-state index in [1.165, 1.54) is 22.5 Å². The van der Waals surface area contributed by atoms with Crippen LogP contribution >= 0.6 is 11.3 Å². The minimum Gasteiger partial charge on any atom is -0.379 e. The molecule has 0 atom stereocenters. The second-order valence-corrected chi connectivity index (χ2v) is 6.13. The molecule has 1 fully saturated rings. The van der Waals surface area contributed by atoms with Gasteiger partial charge in [-0.05, 0) is 22.6 Å².